The maximum atomic E-state index is 12.3. The summed E-state index contributed by atoms with van der Waals surface area (Å²) in [5.41, 5.74) is 1.22. The Morgan fingerprint density at radius 2 is 2.21 bits per heavy atom. The molecule has 1 atom stereocenters. The second-order valence-electron chi connectivity index (χ2n) is 4.86. The summed E-state index contributed by atoms with van der Waals surface area (Å²) in [6.07, 6.45) is 1.38. The van der Waals surface area contributed by atoms with E-state index >= 15 is 0 Å². The number of amides is 1. The number of likely N-dealkylation sites (N-methyl/N-ethyl adjacent to an activating group) is 1. The van der Waals surface area contributed by atoms with E-state index in [1.54, 1.807) is 0 Å². The van der Waals surface area contributed by atoms with Crippen molar-refractivity contribution in [2.75, 3.05) is 33.4 Å². The molecule has 4 heteroatoms. The molecular formula is C15H22N2O2. The summed E-state index contributed by atoms with van der Waals surface area (Å²) in [6, 6.07) is 10.3. The minimum absolute atomic E-state index is 0.169. The number of carbonyl (C=O) groups excluding carboxylic acids is 1. The summed E-state index contributed by atoms with van der Waals surface area (Å²) >= 11 is 0. The van der Waals surface area contributed by atoms with Gasteiger partial charge in [-0.1, -0.05) is 30.3 Å². The number of aryl methyl sites for hydroxylation is 1. The lowest BCUT2D eigenvalue weighted by Gasteiger charge is -2.35. The van der Waals surface area contributed by atoms with E-state index in [-0.39, 0.29) is 11.9 Å². The molecule has 0 bridgehead atoms. The molecule has 0 aromatic heterocycles. The van der Waals surface area contributed by atoms with Crippen LogP contribution in [0.4, 0.5) is 0 Å². The van der Waals surface area contributed by atoms with Crippen LogP contribution in [0.25, 0.3) is 0 Å². The van der Waals surface area contributed by atoms with Gasteiger partial charge in [-0.3, -0.25) is 4.79 Å². The molecule has 4 nitrogen and oxygen atoms in total. The third-order valence-electron chi connectivity index (χ3n) is 3.46. The maximum absolute atomic E-state index is 12.3. The van der Waals surface area contributed by atoms with Crippen molar-refractivity contribution in [3.05, 3.63) is 35.9 Å². The summed E-state index contributed by atoms with van der Waals surface area (Å²) in [5.74, 6) is 0.229. The largest absolute Gasteiger partial charge is 0.377 e. The summed E-state index contributed by atoms with van der Waals surface area (Å²) in [7, 11) is 1.90. The molecule has 1 unspecified atom stereocenters. The number of nitrogens with zero attached hydrogens (tertiary/aromatic N) is 1. The molecule has 0 aliphatic carbocycles. The van der Waals surface area contributed by atoms with Crippen molar-refractivity contribution in [1.82, 2.24) is 10.2 Å². The monoisotopic (exact) mass is 262 g/mol. The van der Waals surface area contributed by atoms with Crippen LogP contribution in [-0.2, 0) is 16.0 Å². The van der Waals surface area contributed by atoms with Gasteiger partial charge < -0.3 is 15.0 Å². The van der Waals surface area contributed by atoms with Crippen LogP contribution in [0.5, 0.6) is 0 Å². The second-order valence-corrected chi connectivity index (χ2v) is 4.86. The van der Waals surface area contributed by atoms with E-state index < -0.39 is 0 Å². The molecule has 1 aromatic carbocycles. The molecule has 19 heavy (non-hydrogen) atoms. The predicted molar refractivity (Wildman–Crippen MR) is 75.0 cm³/mol. The molecule has 1 aromatic rings. The smallest absolute Gasteiger partial charge is 0.223 e. The summed E-state index contributed by atoms with van der Waals surface area (Å²) in [4.78, 5) is 14.3. The molecule has 1 heterocycles. The van der Waals surface area contributed by atoms with Gasteiger partial charge in [0.25, 0.3) is 0 Å². The van der Waals surface area contributed by atoms with Gasteiger partial charge in [-0.25, -0.2) is 0 Å². The molecule has 1 aliphatic heterocycles. The van der Waals surface area contributed by atoms with Crippen LogP contribution in [0.2, 0.25) is 0 Å². The average molecular weight is 262 g/mol. The first-order valence-electron chi connectivity index (χ1n) is 6.87. The van der Waals surface area contributed by atoms with Crippen molar-refractivity contribution in [2.45, 2.75) is 18.9 Å². The minimum Gasteiger partial charge on any atom is -0.377 e. The van der Waals surface area contributed by atoms with Crippen molar-refractivity contribution in [3.63, 3.8) is 0 Å². The Bertz CT molecular complexity index is 392. The molecule has 1 N–H and O–H groups in total. The zero-order valence-corrected chi connectivity index (χ0v) is 11.5. The van der Waals surface area contributed by atoms with E-state index in [1.807, 2.05) is 30.1 Å². The average Bonchev–Trinajstić information content (AvgIpc) is 2.47. The van der Waals surface area contributed by atoms with Crippen molar-refractivity contribution < 1.29 is 9.53 Å². The standard InChI is InChI=1S/C15H22N2O2/c1-16-11-14-12-19-10-9-17(14)15(18)8-7-13-5-3-2-4-6-13/h2-6,14,16H,7-12H2,1H3. The van der Waals surface area contributed by atoms with Crippen molar-refractivity contribution in [3.8, 4) is 0 Å². The molecular weight excluding hydrogens is 240 g/mol. The van der Waals surface area contributed by atoms with Gasteiger partial charge >= 0.3 is 0 Å². The van der Waals surface area contributed by atoms with Crippen LogP contribution >= 0.6 is 0 Å². The van der Waals surface area contributed by atoms with Crippen LogP contribution in [0.15, 0.2) is 30.3 Å². The Labute approximate surface area is 114 Å². The lowest BCUT2D eigenvalue weighted by molar-refractivity contribution is -0.139. The minimum atomic E-state index is 0.169. The Kier molecular flexibility index (Phi) is 5.36. The fraction of sp³-hybridized carbons (Fsp3) is 0.533. The number of hydrogen-bond donors (Lipinski definition) is 1. The molecule has 2 rings (SSSR count). The van der Waals surface area contributed by atoms with E-state index in [9.17, 15) is 4.79 Å². The molecule has 0 radical (unpaired) electrons. The highest BCUT2D eigenvalue weighted by molar-refractivity contribution is 5.77. The zero-order valence-electron chi connectivity index (χ0n) is 11.5. The lowest BCUT2D eigenvalue weighted by atomic mass is 10.1. The van der Waals surface area contributed by atoms with Gasteiger partial charge in [0.2, 0.25) is 5.91 Å². The summed E-state index contributed by atoms with van der Waals surface area (Å²) < 4.78 is 5.44. The molecule has 1 aliphatic rings. The number of rotatable bonds is 5. The zero-order chi connectivity index (χ0) is 13.5. The fourth-order valence-corrected chi connectivity index (χ4v) is 2.43. The Balaban J connectivity index is 1.87. The van der Waals surface area contributed by atoms with Gasteiger partial charge in [0.15, 0.2) is 0 Å². The number of morpholine rings is 1. The number of ether oxygens (including phenoxy) is 1. The number of benzene rings is 1. The SMILES string of the molecule is CNCC1COCCN1C(=O)CCc1ccccc1. The summed E-state index contributed by atoms with van der Waals surface area (Å²) in [5, 5.41) is 3.12. The van der Waals surface area contributed by atoms with Crippen LogP contribution in [0.1, 0.15) is 12.0 Å². The molecule has 0 spiro atoms. The first-order valence-corrected chi connectivity index (χ1v) is 6.87. The van der Waals surface area contributed by atoms with Crippen molar-refractivity contribution >= 4 is 5.91 Å². The van der Waals surface area contributed by atoms with Gasteiger partial charge in [0.05, 0.1) is 19.3 Å². The molecule has 0 saturated carbocycles. The van der Waals surface area contributed by atoms with Gasteiger partial charge in [0, 0.05) is 19.5 Å². The van der Waals surface area contributed by atoms with E-state index in [1.165, 1.54) is 5.56 Å². The molecule has 1 saturated heterocycles. The third kappa shape index (κ3) is 4.04. The Morgan fingerprint density at radius 1 is 1.42 bits per heavy atom. The molecule has 1 fully saturated rings. The van der Waals surface area contributed by atoms with Gasteiger partial charge in [0.1, 0.15) is 0 Å². The van der Waals surface area contributed by atoms with Gasteiger partial charge in [-0.2, -0.15) is 0 Å². The van der Waals surface area contributed by atoms with E-state index in [4.69, 9.17) is 4.74 Å². The number of carbonyl (C=O) groups is 1. The Hall–Kier alpha value is -1.39. The summed E-state index contributed by atoms with van der Waals surface area (Å²) in [6.45, 7) is 2.78. The van der Waals surface area contributed by atoms with Crippen LogP contribution in [0, 0.1) is 0 Å². The first-order chi connectivity index (χ1) is 9.31. The predicted octanol–water partition coefficient (Wildman–Crippen LogP) is 1.07. The molecule has 1 amide bonds. The van der Waals surface area contributed by atoms with Gasteiger partial charge in [-0.15, -0.1) is 0 Å². The highest BCUT2D eigenvalue weighted by Gasteiger charge is 2.26. The van der Waals surface area contributed by atoms with Crippen LogP contribution < -0.4 is 5.32 Å². The highest BCUT2D eigenvalue weighted by Crippen LogP contribution is 2.10. The maximum Gasteiger partial charge on any atom is 0.223 e. The van der Waals surface area contributed by atoms with Crippen LogP contribution in [-0.4, -0.2) is 50.2 Å². The third-order valence-corrected chi connectivity index (χ3v) is 3.46. The first kappa shape index (κ1) is 14.0. The van der Waals surface area contributed by atoms with Crippen LogP contribution in [0.3, 0.4) is 0 Å². The fourth-order valence-electron chi connectivity index (χ4n) is 2.43. The Morgan fingerprint density at radius 3 is 2.95 bits per heavy atom. The van der Waals surface area contributed by atoms with E-state index in [0.717, 1.165) is 13.0 Å². The topological polar surface area (TPSA) is 41.6 Å². The van der Waals surface area contributed by atoms with Gasteiger partial charge in [-0.05, 0) is 19.0 Å². The van der Waals surface area contributed by atoms with Crippen molar-refractivity contribution in [2.24, 2.45) is 0 Å². The highest BCUT2D eigenvalue weighted by atomic mass is 16.5. The van der Waals surface area contributed by atoms with E-state index in [2.05, 4.69) is 17.4 Å². The number of hydrogen-bond acceptors (Lipinski definition) is 3. The second kappa shape index (κ2) is 7.26. The normalized spacial score (nSPS) is 19.4. The molecule has 104 valence electrons. The van der Waals surface area contributed by atoms with Crippen molar-refractivity contribution in [1.29, 1.82) is 0 Å². The quantitative estimate of drug-likeness (QED) is 0.863. The lowest BCUT2D eigenvalue weighted by Crippen LogP contribution is -2.52. The van der Waals surface area contributed by atoms with E-state index in [0.29, 0.717) is 26.2 Å². The number of nitrogens with one attached hydrogen (secondary N) is 1.